The van der Waals surface area contributed by atoms with Gasteiger partial charge in [-0.05, 0) is 32.6 Å². The van der Waals surface area contributed by atoms with E-state index in [0.29, 0.717) is 0 Å². The molecule has 0 aromatic carbocycles. The Labute approximate surface area is 122 Å². The summed E-state index contributed by atoms with van der Waals surface area (Å²) >= 11 is 0. The number of aliphatic hydroxyl groups excluding tert-OH is 1. The molecule has 0 saturated heterocycles. The van der Waals surface area contributed by atoms with Crippen molar-refractivity contribution in [3.8, 4) is 0 Å². The van der Waals surface area contributed by atoms with E-state index < -0.39 is 0 Å². The van der Waals surface area contributed by atoms with E-state index in [9.17, 15) is 0 Å². The topological polar surface area (TPSA) is 70.1 Å². The molecular formula is C15H28N4O. The molecule has 20 heavy (non-hydrogen) atoms. The lowest BCUT2D eigenvalue weighted by Crippen LogP contribution is -2.12. The van der Waals surface area contributed by atoms with Gasteiger partial charge in [0.25, 0.3) is 0 Å². The van der Waals surface area contributed by atoms with E-state index in [2.05, 4.69) is 34.4 Å². The van der Waals surface area contributed by atoms with Crippen LogP contribution in [0.15, 0.2) is 0 Å². The molecule has 1 rings (SSSR count). The van der Waals surface area contributed by atoms with Crippen molar-refractivity contribution >= 4 is 11.6 Å². The van der Waals surface area contributed by atoms with Gasteiger partial charge in [-0.25, -0.2) is 9.97 Å². The minimum absolute atomic E-state index is 0.275. The van der Waals surface area contributed by atoms with Crippen LogP contribution in [0, 0.1) is 6.92 Å². The molecule has 0 unspecified atom stereocenters. The van der Waals surface area contributed by atoms with Crippen molar-refractivity contribution in [2.24, 2.45) is 0 Å². The number of nitrogens with zero attached hydrogens (tertiary/aromatic N) is 2. The van der Waals surface area contributed by atoms with Crippen molar-refractivity contribution in [1.29, 1.82) is 0 Å². The lowest BCUT2D eigenvalue weighted by molar-refractivity contribution is 0.283. The largest absolute Gasteiger partial charge is 0.396 e. The molecule has 1 aromatic heterocycles. The van der Waals surface area contributed by atoms with Gasteiger partial charge in [0.1, 0.15) is 17.5 Å². The van der Waals surface area contributed by atoms with Crippen LogP contribution >= 0.6 is 0 Å². The Bertz CT molecular complexity index is 396. The van der Waals surface area contributed by atoms with Crippen molar-refractivity contribution in [2.75, 3.05) is 30.3 Å². The molecule has 0 aliphatic rings. The molecule has 3 N–H and O–H groups in total. The van der Waals surface area contributed by atoms with E-state index in [1.165, 1.54) is 0 Å². The summed E-state index contributed by atoms with van der Waals surface area (Å²) in [5.41, 5.74) is 1.08. The number of unbranched alkanes of at least 4 members (excludes halogenated alkanes) is 2. The minimum Gasteiger partial charge on any atom is -0.396 e. The van der Waals surface area contributed by atoms with Gasteiger partial charge in [0.05, 0.1) is 0 Å². The van der Waals surface area contributed by atoms with Crippen molar-refractivity contribution < 1.29 is 5.11 Å². The zero-order valence-electron chi connectivity index (χ0n) is 13.0. The zero-order chi connectivity index (χ0) is 14.8. The number of aliphatic hydroxyl groups is 1. The molecule has 5 nitrogen and oxygen atoms in total. The normalized spacial score (nSPS) is 10.6. The van der Waals surface area contributed by atoms with Crippen molar-refractivity contribution in [3.63, 3.8) is 0 Å². The summed E-state index contributed by atoms with van der Waals surface area (Å²) in [6, 6.07) is 0. The average molecular weight is 280 g/mol. The summed E-state index contributed by atoms with van der Waals surface area (Å²) in [5, 5.41) is 15.5. The first-order chi connectivity index (χ1) is 9.72. The number of hydrogen-bond acceptors (Lipinski definition) is 5. The third-order valence-electron chi connectivity index (χ3n) is 3.18. The van der Waals surface area contributed by atoms with Gasteiger partial charge in [-0.15, -0.1) is 0 Å². The predicted molar refractivity (Wildman–Crippen MR) is 84.4 cm³/mol. The van der Waals surface area contributed by atoms with Crippen molar-refractivity contribution in [2.45, 2.75) is 52.9 Å². The van der Waals surface area contributed by atoms with Gasteiger partial charge in [-0.1, -0.05) is 13.8 Å². The number of hydrogen-bond donors (Lipinski definition) is 3. The molecule has 0 bridgehead atoms. The quantitative estimate of drug-likeness (QED) is 0.575. The predicted octanol–water partition coefficient (Wildman–Crippen LogP) is 2.74. The summed E-state index contributed by atoms with van der Waals surface area (Å²) in [5.74, 6) is 2.74. The highest BCUT2D eigenvalue weighted by atomic mass is 16.2. The number of nitrogens with one attached hydrogen (secondary N) is 2. The molecular weight excluding hydrogens is 252 g/mol. The van der Waals surface area contributed by atoms with Crippen LogP contribution in [0.25, 0.3) is 0 Å². The third-order valence-corrected chi connectivity index (χ3v) is 3.18. The van der Waals surface area contributed by atoms with Gasteiger partial charge in [-0.3, -0.25) is 0 Å². The van der Waals surface area contributed by atoms with Crippen LogP contribution in [0.2, 0.25) is 0 Å². The second-order valence-electron chi connectivity index (χ2n) is 4.95. The lowest BCUT2D eigenvalue weighted by atomic mass is 10.2. The van der Waals surface area contributed by atoms with Gasteiger partial charge < -0.3 is 15.7 Å². The second kappa shape index (κ2) is 9.53. The fraction of sp³-hybridized carbons (Fsp3) is 0.733. The summed E-state index contributed by atoms with van der Waals surface area (Å²) < 4.78 is 0. The Hall–Kier alpha value is -1.36. The molecule has 0 fully saturated rings. The van der Waals surface area contributed by atoms with Gasteiger partial charge in [0, 0.05) is 31.7 Å². The van der Waals surface area contributed by atoms with E-state index in [0.717, 1.165) is 68.2 Å². The summed E-state index contributed by atoms with van der Waals surface area (Å²) in [6.45, 7) is 8.35. The van der Waals surface area contributed by atoms with Gasteiger partial charge in [0.15, 0.2) is 0 Å². The first kappa shape index (κ1) is 16.7. The standard InChI is InChI=1S/C15H28N4O/c1-4-9-16-14-12(3)15(19-13(5-2)18-14)17-10-7-6-8-11-20/h20H,4-11H2,1-3H3,(H2,16,17,18,19). The van der Waals surface area contributed by atoms with Gasteiger partial charge >= 0.3 is 0 Å². The van der Waals surface area contributed by atoms with Gasteiger partial charge in [-0.2, -0.15) is 0 Å². The third kappa shape index (κ3) is 5.33. The van der Waals surface area contributed by atoms with Gasteiger partial charge in [0.2, 0.25) is 0 Å². The molecule has 0 aliphatic carbocycles. The Morgan fingerprint density at radius 3 is 2.15 bits per heavy atom. The monoisotopic (exact) mass is 280 g/mol. The van der Waals surface area contributed by atoms with Crippen LogP contribution in [-0.2, 0) is 6.42 Å². The highest BCUT2D eigenvalue weighted by molar-refractivity contribution is 5.57. The smallest absolute Gasteiger partial charge is 0.134 e. The Balaban J connectivity index is 2.67. The number of aryl methyl sites for hydroxylation is 1. The minimum atomic E-state index is 0.275. The molecule has 1 heterocycles. The molecule has 0 atom stereocenters. The first-order valence-corrected chi connectivity index (χ1v) is 7.69. The maximum Gasteiger partial charge on any atom is 0.134 e. The number of rotatable bonds is 10. The fourth-order valence-electron chi connectivity index (χ4n) is 1.93. The van der Waals surface area contributed by atoms with Crippen LogP contribution in [0.4, 0.5) is 11.6 Å². The number of anilines is 2. The van der Waals surface area contributed by atoms with Crippen LogP contribution in [0.5, 0.6) is 0 Å². The number of aromatic nitrogens is 2. The average Bonchev–Trinajstić information content (AvgIpc) is 2.47. The van der Waals surface area contributed by atoms with Crippen molar-refractivity contribution in [3.05, 3.63) is 11.4 Å². The van der Waals surface area contributed by atoms with Crippen LogP contribution in [-0.4, -0.2) is 34.8 Å². The summed E-state index contributed by atoms with van der Waals surface area (Å²) in [7, 11) is 0. The van der Waals surface area contributed by atoms with E-state index in [-0.39, 0.29) is 6.61 Å². The second-order valence-corrected chi connectivity index (χ2v) is 4.95. The highest BCUT2D eigenvalue weighted by Crippen LogP contribution is 2.20. The molecule has 5 heteroatoms. The first-order valence-electron chi connectivity index (χ1n) is 7.69. The molecule has 0 spiro atoms. The summed E-state index contributed by atoms with van der Waals surface area (Å²) in [6.07, 6.45) is 4.86. The summed E-state index contributed by atoms with van der Waals surface area (Å²) in [4.78, 5) is 9.12. The highest BCUT2D eigenvalue weighted by Gasteiger charge is 2.09. The van der Waals surface area contributed by atoms with E-state index in [4.69, 9.17) is 5.11 Å². The molecule has 0 radical (unpaired) electrons. The SMILES string of the molecule is CCCNc1nc(CC)nc(NCCCCCO)c1C. The zero-order valence-corrected chi connectivity index (χ0v) is 13.0. The van der Waals surface area contributed by atoms with Crippen LogP contribution < -0.4 is 10.6 Å². The van der Waals surface area contributed by atoms with E-state index in [1.807, 2.05) is 6.92 Å². The van der Waals surface area contributed by atoms with Crippen LogP contribution in [0.3, 0.4) is 0 Å². The maximum atomic E-state index is 8.76. The fourth-order valence-corrected chi connectivity index (χ4v) is 1.93. The van der Waals surface area contributed by atoms with E-state index >= 15 is 0 Å². The Morgan fingerprint density at radius 1 is 0.950 bits per heavy atom. The molecule has 0 amide bonds. The van der Waals surface area contributed by atoms with E-state index in [1.54, 1.807) is 0 Å². The lowest BCUT2D eigenvalue weighted by Gasteiger charge is -2.14. The maximum absolute atomic E-state index is 8.76. The Morgan fingerprint density at radius 2 is 1.60 bits per heavy atom. The molecule has 0 aliphatic heterocycles. The van der Waals surface area contributed by atoms with Crippen LogP contribution in [0.1, 0.15) is 50.9 Å². The van der Waals surface area contributed by atoms with Crippen molar-refractivity contribution in [1.82, 2.24) is 9.97 Å². The Kier molecular flexibility index (Phi) is 7.95. The molecule has 114 valence electrons. The molecule has 0 saturated carbocycles. The molecule has 1 aromatic rings.